The van der Waals surface area contributed by atoms with Gasteiger partial charge in [-0.1, -0.05) is 11.6 Å². The smallest absolute Gasteiger partial charge is 0.124 e. The number of hydrogen-bond acceptors (Lipinski definition) is 3. The number of nitrogens with zero attached hydrogens (tertiary/aromatic N) is 1. The summed E-state index contributed by atoms with van der Waals surface area (Å²) < 4.78 is 5.79. The number of rotatable bonds is 6. The predicted molar refractivity (Wildman–Crippen MR) is 82.6 cm³/mol. The molecule has 1 unspecified atom stereocenters. The second-order valence-electron chi connectivity index (χ2n) is 5.34. The van der Waals surface area contributed by atoms with Gasteiger partial charge in [0.25, 0.3) is 0 Å². The van der Waals surface area contributed by atoms with Gasteiger partial charge >= 0.3 is 0 Å². The Morgan fingerprint density at radius 1 is 1.35 bits per heavy atom. The van der Waals surface area contributed by atoms with Gasteiger partial charge in [0, 0.05) is 23.2 Å². The van der Waals surface area contributed by atoms with Crippen molar-refractivity contribution in [1.29, 1.82) is 0 Å². The maximum atomic E-state index is 9.40. The van der Waals surface area contributed by atoms with Crippen LogP contribution in [0.4, 0.5) is 0 Å². The molecular weight excluding hydrogens is 274 g/mol. The zero-order valence-corrected chi connectivity index (χ0v) is 13.1. The third-order valence-electron chi connectivity index (χ3n) is 3.93. The van der Waals surface area contributed by atoms with E-state index in [4.69, 9.17) is 16.3 Å². The number of aliphatic hydroxyl groups excluding tert-OH is 1. The summed E-state index contributed by atoms with van der Waals surface area (Å²) >= 11 is 6.30. The first-order valence-corrected chi connectivity index (χ1v) is 7.83. The van der Waals surface area contributed by atoms with Crippen molar-refractivity contribution in [3.63, 3.8) is 0 Å². The predicted octanol–water partition coefficient (Wildman–Crippen LogP) is 3.57. The van der Waals surface area contributed by atoms with Crippen molar-refractivity contribution in [3.8, 4) is 5.75 Å². The van der Waals surface area contributed by atoms with Crippen LogP contribution in [0, 0.1) is 6.92 Å². The molecule has 0 radical (unpaired) electrons. The number of likely N-dealkylation sites (tertiary alicyclic amines) is 1. The molecular formula is C16H24ClNO2. The van der Waals surface area contributed by atoms with Crippen molar-refractivity contribution < 1.29 is 9.84 Å². The number of hydrogen-bond donors (Lipinski definition) is 1. The third-order valence-corrected chi connectivity index (χ3v) is 4.34. The molecule has 1 heterocycles. The molecule has 4 heteroatoms. The Balaban J connectivity index is 2.36. The van der Waals surface area contributed by atoms with E-state index in [9.17, 15) is 5.11 Å². The Morgan fingerprint density at radius 3 is 2.65 bits per heavy atom. The average molecular weight is 298 g/mol. The highest BCUT2D eigenvalue weighted by Gasteiger charge is 2.26. The van der Waals surface area contributed by atoms with Gasteiger partial charge in [-0.2, -0.15) is 0 Å². The van der Waals surface area contributed by atoms with E-state index in [2.05, 4.69) is 4.90 Å². The van der Waals surface area contributed by atoms with Crippen molar-refractivity contribution in [2.45, 2.75) is 39.2 Å². The molecule has 0 amide bonds. The summed E-state index contributed by atoms with van der Waals surface area (Å²) in [6.07, 6.45) is 3.18. The first-order chi connectivity index (χ1) is 9.67. The number of halogens is 1. The molecule has 1 aromatic rings. The Bertz CT molecular complexity index is 444. The van der Waals surface area contributed by atoms with Gasteiger partial charge in [0.2, 0.25) is 0 Å². The van der Waals surface area contributed by atoms with Crippen molar-refractivity contribution in [3.05, 3.63) is 28.3 Å². The van der Waals surface area contributed by atoms with Crippen LogP contribution in [0.2, 0.25) is 5.02 Å². The minimum atomic E-state index is 0.179. The molecule has 1 fully saturated rings. The molecule has 2 rings (SSSR count). The zero-order chi connectivity index (χ0) is 14.5. The van der Waals surface area contributed by atoms with Crippen molar-refractivity contribution in [2.75, 3.05) is 26.3 Å². The van der Waals surface area contributed by atoms with Crippen molar-refractivity contribution >= 4 is 11.6 Å². The van der Waals surface area contributed by atoms with Crippen LogP contribution in [0.1, 0.15) is 43.4 Å². The van der Waals surface area contributed by atoms with Crippen LogP contribution in [0.25, 0.3) is 0 Å². The Morgan fingerprint density at radius 2 is 2.05 bits per heavy atom. The lowest BCUT2D eigenvalue weighted by atomic mass is 9.99. The van der Waals surface area contributed by atoms with E-state index in [1.807, 2.05) is 26.0 Å². The van der Waals surface area contributed by atoms with Gasteiger partial charge in [0.1, 0.15) is 5.75 Å². The quantitative estimate of drug-likeness (QED) is 0.871. The summed E-state index contributed by atoms with van der Waals surface area (Å²) in [5.41, 5.74) is 2.14. The molecule has 0 aromatic heterocycles. The lowest BCUT2D eigenvalue weighted by Gasteiger charge is -2.29. The van der Waals surface area contributed by atoms with Gasteiger partial charge in [-0.15, -0.1) is 0 Å². The van der Waals surface area contributed by atoms with E-state index in [-0.39, 0.29) is 12.6 Å². The number of aliphatic hydroxyl groups is 1. The molecule has 20 heavy (non-hydrogen) atoms. The summed E-state index contributed by atoms with van der Waals surface area (Å²) in [5, 5.41) is 10.2. The van der Waals surface area contributed by atoms with Gasteiger partial charge < -0.3 is 9.84 Å². The molecule has 0 spiro atoms. The fourth-order valence-electron chi connectivity index (χ4n) is 2.92. The highest BCUT2D eigenvalue weighted by Crippen LogP contribution is 2.37. The molecule has 112 valence electrons. The minimum absolute atomic E-state index is 0.179. The van der Waals surface area contributed by atoms with Crippen LogP contribution in [0.5, 0.6) is 5.75 Å². The summed E-state index contributed by atoms with van der Waals surface area (Å²) in [5.74, 6) is 0.903. The van der Waals surface area contributed by atoms with E-state index >= 15 is 0 Å². The first kappa shape index (κ1) is 15.6. The molecule has 0 bridgehead atoms. The average Bonchev–Trinajstić information content (AvgIpc) is 2.94. The van der Waals surface area contributed by atoms with Crippen molar-refractivity contribution in [2.24, 2.45) is 0 Å². The third kappa shape index (κ3) is 3.46. The monoisotopic (exact) mass is 297 g/mol. The Hall–Kier alpha value is -0.770. The number of aryl methyl sites for hydroxylation is 1. The van der Waals surface area contributed by atoms with E-state index in [1.165, 1.54) is 12.8 Å². The highest BCUT2D eigenvalue weighted by molar-refractivity contribution is 6.31. The Labute approximate surface area is 126 Å². The topological polar surface area (TPSA) is 32.7 Å². The van der Waals surface area contributed by atoms with Gasteiger partial charge in [-0.05, 0) is 63.9 Å². The van der Waals surface area contributed by atoms with Crippen LogP contribution < -0.4 is 4.74 Å². The zero-order valence-electron chi connectivity index (χ0n) is 12.4. The summed E-state index contributed by atoms with van der Waals surface area (Å²) in [7, 11) is 0. The van der Waals surface area contributed by atoms with Crippen LogP contribution in [0.3, 0.4) is 0 Å². The molecule has 1 N–H and O–H groups in total. The van der Waals surface area contributed by atoms with Crippen LogP contribution in [0.15, 0.2) is 12.1 Å². The second kappa shape index (κ2) is 7.30. The van der Waals surface area contributed by atoms with Crippen molar-refractivity contribution in [1.82, 2.24) is 4.90 Å². The lowest BCUT2D eigenvalue weighted by molar-refractivity contribution is 0.181. The summed E-state index contributed by atoms with van der Waals surface area (Å²) in [4.78, 5) is 2.43. The fraction of sp³-hybridized carbons (Fsp3) is 0.625. The highest BCUT2D eigenvalue weighted by atomic mass is 35.5. The first-order valence-electron chi connectivity index (χ1n) is 7.45. The van der Waals surface area contributed by atoms with Crippen LogP contribution >= 0.6 is 11.6 Å². The molecule has 1 atom stereocenters. The SMILES string of the molecule is CCOc1cc(C)c(Cl)cc1C(CCO)N1CCCC1. The largest absolute Gasteiger partial charge is 0.494 e. The van der Waals surface area contributed by atoms with Gasteiger partial charge in [0.15, 0.2) is 0 Å². The van der Waals surface area contributed by atoms with Crippen LogP contribution in [-0.2, 0) is 0 Å². The standard InChI is InChI=1S/C16H24ClNO2/c1-3-20-16-10-12(2)14(17)11-13(16)15(6-9-19)18-7-4-5-8-18/h10-11,15,19H,3-9H2,1-2H3. The molecule has 1 aliphatic heterocycles. The normalized spacial score (nSPS) is 17.4. The Kier molecular flexibility index (Phi) is 5.70. The maximum Gasteiger partial charge on any atom is 0.124 e. The van der Waals surface area contributed by atoms with E-state index in [1.54, 1.807) is 0 Å². The number of ether oxygens (including phenoxy) is 1. The van der Waals surface area contributed by atoms with Gasteiger partial charge in [-0.3, -0.25) is 4.90 Å². The maximum absolute atomic E-state index is 9.40. The molecule has 0 saturated carbocycles. The molecule has 0 aliphatic carbocycles. The summed E-state index contributed by atoms with van der Waals surface area (Å²) in [6.45, 7) is 6.97. The van der Waals surface area contributed by atoms with E-state index in [0.717, 1.165) is 41.4 Å². The summed E-state index contributed by atoms with van der Waals surface area (Å²) in [6, 6.07) is 4.23. The van der Waals surface area contributed by atoms with Gasteiger partial charge in [0.05, 0.1) is 6.61 Å². The second-order valence-corrected chi connectivity index (χ2v) is 5.75. The molecule has 3 nitrogen and oxygen atoms in total. The molecule has 1 saturated heterocycles. The van der Waals surface area contributed by atoms with E-state index in [0.29, 0.717) is 6.61 Å². The fourth-order valence-corrected chi connectivity index (χ4v) is 3.09. The van der Waals surface area contributed by atoms with Crippen LogP contribution in [-0.4, -0.2) is 36.3 Å². The van der Waals surface area contributed by atoms with Gasteiger partial charge in [-0.25, -0.2) is 0 Å². The molecule has 1 aromatic carbocycles. The molecule has 1 aliphatic rings. The minimum Gasteiger partial charge on any atom is -0.494 e. The van der Waals surface area contributed by atoms with E-state index < -0.39 is 0 Å². The number of benzene rings is 1. The lowest BCUT2D eigenvalue weighted by Crippen LogP contribution is -2.27.